The summed E-state index contributed by atoms with van der Waals surface area (Å²) in [6, 6.07) is 0. The molecule has 2 aliphatic carbocycles. The highest BCUT2D eigenvalue weighted by molar-refractivity contribution is 4.93. The molecule has 0 aliphatic heterocycles. The average Bonchev–Trinajstić information content (AvgIpc) is 1.85. The fraction of sp³-hybridized carbons (Fsp3) is 1.00. The summed E-state index contributed by atoms with van der Waals surface area (Å²) in [6.45, 7) is 2.47. The summed E-state index contributed by atoms with van der Waals surface area (Å²) >= 11 is 0. The van der Waals surface area contributed by atoms with Crippen LogP contribution in [0.15, 0.2) is 0 Å². The van der Waals surface area contributed by atoms with E-state index in [-0.39, 0.29) is 0 Å². The molecule has 0 heteroatoms. The van der Waals surface area contributed by atoms with Gasteiger partial charge in [-0.25, -0.2) is 0 Å². The Labute approximate surface area is 64.0 Å². The second-order valence-electron chi connectivity index (χ2n) is 4.36. The Hall–Kier alpha value is 0. The van der Waals surface area contributed by atoms with Crippen LogP contribution in [0.3, 0.4) is 0 Å². The predicted molar refractivity (Wildman–Crippen MR) is 43.9 cm³/mol. The second kappa shape index (κ2) is 2.25. The summed E-state index contributed by atoms with van der Waals surface area (Å²) in [5, 5.41) is 0. The predicted octanol–water partition coefficient (Wildman–Crippen LogP) is 3.37. The van der Waals surface area contributed by atoms with Crippen LogP contribution in [0, 0.1) is 11.3 Å². The van der Waals surface area contributed by atoms with Gasteiger partial charge in [0.25, 0.3) is 0 Å². The lowest BCUT2D eigenvalue weighted by atomic mass is 9.56. The van der Waals surface area contributed by atoms with Crippen molar-refractivity contribution in [2.24, 2.45) is 11.3 Å². The van der Waals surface area contributed by atoms with Gasteiger partial charge in [0.1, 0.15) is 0 Å². The van der Waals surface area contributed by atoms with Gasteiger partial charge in [-0.15, -0.1) is 0 Å². The van der Waals surface area contributed by atoms with Crippen LogP contribution in [0.25, 0.3) is 0 Å². The van der Waals surface area contributed by atoms with Crippen molar-refractivity contribution in [1.29, 1.82) is 0 Å². The molecule has 0 aromatic carbocycles. The molecule has 0 N–H and O–H groups in total. The lowest BCUT2D eigenvalue weighted by Crippen LogP contribution is -2.38. The van der Waals surface area contributed by atoms with Crippen LogP contribution in [0.5, 0.6) is 0 Å². The van der Waals surface area contributed by atoms with Gasteiger partial charge in [0.2, 0.25) is 0 Å². The van der Waals surface area contributed by atoms with E-state index < -0.39 is 0 Å². The van der Waals surface area contributed by atoms with Crippen molar-refractivity contribution in [3.8, 4) is 0 Å². The third-order valence-electron chi connectivity index (χ3n) is 3.96. The van der Waals surface area contributed by atoms with E-state index in [1.165, 1.54) is 25.7 Å². The van der Waals surface area contributed by atoms with Gasteiger partial charge in [-0.3, -0.25) is 0 Å². The zero-order valence-electron chi connectivity index (χ0n) is 7.03. The molecule has 2 saturated carbocycles. The van der Waals surface area contributed by atoms with Crippen LogP contribution in [-0.2, 0) is 0 Å². The molecular formula is C10H18. The lowest BCUT2D eigenvalue weighted by Gasteiger charge is -2.49. The third-order valence-corrected chi connectivity index (χ3v) is 3.96. The Morgan fingerprint density at radius 1 is 1.00 bits per heavy atom. The van der Waals surface area contributed by atoms with Crippen molar-refractivity contribution in [2.45, 2.75) is 51.9 Å². The van der Waals surface area contributed by atoms with Crippen molar-refractivity contribution in [3.05, 3.63) is 0 Å². The van der Waals surface area contributed by atoms with Crippen LogP contribution in [-0.4, -0.2) is 0 Å². The van der Waals surface area contributed by atoms with Gasteiger partial charge < -0.3 is 0 Å². The number of rotatable bonds is 0. The molecule has 0 saturated heterocycles. The van der Waals surface area contributed by atoms with Crippen LogP contribution in [0.4, 0.5) is 0 Å². The van der Waals surface area contributed by atoms with E-state index in [0.29, 0.717) is 0 Å². The zero-order chi connectivity index (χ0) is 7.03. The Kier molecular flexibility index (Phi) is 1.51. The first-order valence-corrected chi connectivity index (χ1v) is 4.83. The van der Waals surface area contributed by atoms with E-state index in [1.54, 1.807) is 19.3 Å². The average molecular weight is 138 g/mol. The minimum Gasteiger partial charge on any atom is -0.0620 e. The first-order chi connectivity index (χ1) is 4.83. The third kappa shape index (κ3) is 0.810. The molecule has 2 aliphatic rings. The van der Waals surface area contributed by atoms with Crippen LogP contribution in [0.2, 0.25) is 0 Å². The molecule has 0 nitrogen and oxygen atoms in total. The van der Waals surface area contributed by atoms with Gasteiger partial charge in [0, 0.05) is 0 Å². The summed E-state index contributed by atoms with van der Waals surface area (Å²) in [6.07, 6.45) is 10.7. The van der Waals surface area contributed by atoms with Gasteiger partial charge in [0.15, 0.2) is 0 Å². The van der Waals surface area contributed by atoms with Crippen molar-refractivity contribution in [2.75, 3.05) is 0 Å². The van der Waals surface area contributed by atoms with E-state index in [2.05, 4.69) is 6.92 Å². The van der Waals surface area contributed by atoms with E-state index in [4.69, 9.17) is 0 Å². The van der Waals surface area contributed by atoms with Gasteiger partial charge in [0.05, 0.1) is 0 Å². The molecular weight excluding hydrogens is 120 g/mol. The Morgan fingerprint density at radius 2 is 1.70 bits per heavy atom. The van der Waals surface area contributed by atoms with Gasteiger partial charge in [-0.05, 0) is 30.6 Å². The van der Waals surface area contributed by atoms with Gasteiger partial charge in [-0.2, -0.15) is 0 Å². The number of hydrogen-bond acceptors (Lipinski definition) is 0. The molecule has 0 aromatic heterocycles. The molecule has 10 heavy (non-hydrogen) atoms. The molecule has 2 fully saturated rings. The van der Waals surface area contributed by atoms with Crippen molar-refractivity contribution < 1.29 is 0 Å². The molecule has 2 rings (SSSR count). The minimum absolute atomic E-state index is 0.859. The van der Waals surface area contributed by atoms with E-state index >= 15 is 0 Å². The summed E-state index contributed by atoms with van der Waals surface area (Å²) in [7, 11) is 0. The summed E-state index contributed by atoms with van der Waals surface area (Å²) < 4.78 is 0. The fourth-order valence-corrected chi connectivity index (χ4v) is 2.85. The first kappa shape index (κ1) is 6.69. The quantitative estimate of drug-likeness (QED) is 0.481. The van der Waals surface area contributed by atoms with Crippen molar-refractivity contribution in [3.63, 3.8) is 0 Å². The summed E-state index contributed by atoms with van der Waals surface area (Å²) in [4.78, 5) is 0. The van der Waals surface area contributed by atoms with Crippen LogP contribution in [0.1, 0.15) is 51.9 Å². The van der Waals surface area contributed by atoms with E-state index in [9.17, 15) is 0 Å². The maximum atomic E-state index is 2.47. The van der Waals surface area contributed by atoms with Gasteiger partial charge >= 0.3 is 0 Å². The molecule has 1 spiro atoms. The Bertz CT molecular complexity index is 122. The van der Waals surface area contributed by atoms with E-state index in [1.807, 2.05) is 0 Å². The SMILES string of the molecule is C[C@@H]1CCCCC12CCC2. The monoisotopic (exact) mass is 138 g/mol. The van der Waals surface area contributed by atoms with Gasteiger partial charge in [-0.1, -0.05) is 32.6 Å². The minimum atomic E-state index is 0.859. The second-order valence-corrected chi connectivity index (χ2v) is 4.36. The molecule has 1 atom stereocenters. The molecule has 0 amide bonds. The highest BCUT2D eigenvalue weighted by Gasteiger charge is 2.42. The molecule has 0 bridgehead atoms. The van der Waals surface area contributed by atoms with E-state index in [0.717, 1.165) is 11.3 Å². The van der Waals surface area contributed by atoms with Crippen molar-refractivity contribution in [1.82, 2.24) is 0 Å². The normalized spacial score (nSPS) is 37.5. The fourth-order valence-electron chi connectivity index (χ4n) is 2.85. The molecule has 0 aromatic rings. The topological polar surface area (TPSA) is 0 Å². The molecule has 0 unspecified atom stereocenters. The lowest BCUT2D eigenvalue weighted by molar-refractivity contribution is 0.0171. The largest absolute Gasteiger partial charge is 0.0620 e. The molecule has 58 valence electrons. The zero-order valence-corrected chi connectivity index (χ0v) is 7.03. The highest BCUT2D eigenvalue weighted by Crippen LogP contribution is 2.54. The Morgan fingerprint density at radius 3 is 2.10 bits per heavy atom. The van der Waals surface area contributed by atoms with Crippen LogP contribution < -0.4 is 0 Å². The van der Waals surface area contributed by atoms with Crippen LogP contribution >= 0.6 is 0 Å². The Balaban J connectivity index is 2.03. The molecule has 0 radical (unpaired) electrons. The number of hydrogen-bond donors (Lipinski definition) is 0. The standard InChI is InChI=1S/C10H18/c1-9-5-2-3-6-10(9)7-4-8-10/h9H,2-8H2,1H3/t9-/m1/s1. The van der Waals surface area contributed by atoms with Crippen molar-refractivity contribution >= 4 is 0 Å². The first-order valence-electron chi connectivity index (χ1n) is 4.83. The maximum absolute atomic E-state index is 2.47. The molecule has 0 heterocycles. The highest BCUT2D eigenvalue weighted by atomic mass is 14.5. The summed E-state index contributed by atoms with van der Waals surface area (Å²) in [5.41, 5.74) is 0.859. The smallest absolute Gasteiger partial charge is 0.0272 e. The maximum Gasteiger partial charge on any atom is -0.0272 e. The summed E-state index contributed by atoms with van der Waals surface area (Å²) in [5.74, 6) is 1.05.